The molecule has 4 nitrogen and oxygen atoms in total. The average molecular weight is 297 g/mol. The second kappa shape index (κ2) is 9.42. The summed E-state index contributed by atoms with van der Waals surface area (Å²) < 4.78 is 0. The lowest BCUT2D eigenvalue weighted by atomic mass is 9.92. The van der Waals surface area contributed by atoms with E-state index in [1.165, 1.54) is 6.54 Å². The first kappa shape index (κ1) is 18.4. The first-order valence-corrected chi connectivity index (χ1v) is 8.72. The van der Waals surface area contributed by atoms with Crippen molar-refractivity contribution in [2.45, 2.75) is 47.0 Å². The lowest BCUT2D eigenvalue weighted by Gasteiger charge is -2.36. The second-order valence-electron chi connectivity index (χ2n) is 6.82. The van der Waals surface area contributed by atoms with E-state index >= 15 is 0 Å². The Morgan fingerprint density at radius 2 is 1.81 bits per heavy atom. The lowest BCUT2D eigenvalue weighted by molar-refractivity contribution is -0.137. The number of nitrogens with two attached hydrogens (primary N) is 1. The van der Waals surface area contributed by atoms with Crippen molar-refractivity contribution >= 4 is 5.91 Å². The molecule has 21 heavy (non-hydrogen) atoms. The highest BCUT2D eigenvalue weighted by molar-refractivity contribution is 5.79. The fourth-order valence-corrected chi connectivity index (χ4v) is 3.31. The molecule has 0 radical (unpaired) electrons. The zero-order chi connectivity index (χ0) is 15.8. The number of rotatable bonds is 8. The van der Waals surface area contributed by atoms with E-state index in [-0.39, 0.29) is 11.8 Å². The summed E-state index contributed by atoms with van der Waals surface area (Å²) in [5.74, 6) is 1.58. The molecular formula is C17H35N3O. The van der Waals surface area contributed by atoms with Gasteiger partial charge in [-0.3, -0.25) is 4.79 Å². The maximum Gasteiger partial charge on any atom is 0.226 e. The van der Waals surface area contributed by atoms with Crippen LogP contribution in [0.25, 0.3) is 0 Å². The fraction of sp³-hybridized carbons (Fsp3) is 0.941. The Balaban J connectivity index is 2.42. The number of likely N-dealkylation sites (tertiary alicyclic amines) is 1. The standard InChI is InChI=1S/C17H35N3O/c1-5-19(6-2)13-15-7-9-20(10-8-15)17(21)16(12-18)11-14(3)4/h14-16H,5-13,18H2,1-4H3. The third kappa shape index (κ3) is 5.95. The first-order valence-electron chi connectivity index (χ1n) is 8.72. The number of piperidine rings is 1. The van der Waals surface area contributed by atoms with Crippen LogP contribution in [0.1, 0.15) is 47.0 Å². The van der Waals surface area contributed by atoms with E-state index in [4.69, 9.17) is 5.73 Å². The molecule has 1 aliphatic heterocycles. The van der Waals surface area contributed by atoms with E-state index in [1.54, 1.807) is 0 Å². The highest BCUT2D eigenvalue weighted by Gasteiger charge is 2.28. The molecule has 124 valence electrons. The summed E-state index contributed by atoms with van der Waals surface area (Å²) in [5, 5.41) is 0. The predicted octanol–water partition coefficient (Wildman–Crippen LogP) is 2.19. The molecule has 4 heteroatoms. The quantitative estimate of drug-likeness (QED) is 0.747. The number of amides is 1. The summed E-state index contributed by atoms with van der Waals surface area (Å²) in [6, 6.07) is 0. The molecule has 1 aliphatic rings. The largest absolute Gasteiger partial charge is 0.342 e. The molecule has 0 aromatic heterocycles. The van der Waals surface area contributed by atoms with Gasteiger partial charge in [0.2, 0.25) is 5.91 Å². The van der Waals surface area contributed by atoms with Crippen molar-refractivity contribution < 1.29 is 4.79 Å². The van der Waals surface area contributed by atoms with Gasteiger partial charge < -0.3 is 15.5 Å². The number of hydrogen-bond donors (Lipinski definition) is 1. The van der Waals surface area contributed by atoms with Crippen molar-refractivity contribution in [3.63, 3.8) is 0 Å². The summed E-state index contributed by atoms with van der Waals surface area (Å²) in [5.41, 5.74) is 5.80. The van der Waals surface area contributed by atoms with Crippen molar-refractivity contribution in [1.29, 1.82) is 0 Å². The molecule has 1 unspecified atom stereocenters. The summed E-state index contributed by atoms with van der Waals surface area (Å²) >= 11 is 0. The Kier molecular flexibility index (Phi) is 8.27. The molecule has 1 saturated heterocycles. The van der Waals surface area contributed by atoms with Crippen molar-refractivity contribution in [2.75, 3.05) is 39.3 Å². The van der Waals surface area contributed by atoms with Gasteiger partial charge >= 0.3 is 0 Å². The summed E-state index contributed by atoms with van der Waals surface area (Å²) in [6.07, 6.45) is 3.19. The molecule has 0 bridgehead atoms. The van der Waals surface area contributed by atoms with E-state index in [2.05, 4.69) is 37.5 Å². The van der Waals surface area contributed by atoms with E-state index in [1.807, 2.05) is 0 Å². The molecule has 1 amide bonds. The maximum absolute atomic E-state index is 12.5. The van der Waals surface area contributed by atoms with Crippen molar-refractivity contribution in [3.8, 4) is 0 Å². The number of hydrogen-bond acceptors (Lipinski definition) is 3. The minimum atomic E-state index is 0.0179. The molecular weight excluding hydrogens is 262 g/mol. The minimum Gasteiger partial charge on any atom is -0.342 e. The normalized spacial score (nSPS) is 18.5. The maximum atomic E-state index is 12.5. The van der Waals surface area contributed by atoms with Crippen LogP contribution < -0.4 is 5.73 Å². The zero-order valence-corrected chi connectivity index (χ0v) is 14.5. The molecule has 0 spiro atoms. The third-order valence-corrected chi connectivity index (χ3v) is 4.73. The summed E-state index contributed by atoms with van der Waals surface area (Å²) in [7, 11) is 0. The Morgan fingerprint density at radius 3 is 2.24 bits per heavy atom. The molecule has 1 rings (SSSR count). The van der Waals surface area contributed by atoms with Gasteiger partial charge in [-0.05, 0) is 44.2 Å². The van der Waals surface area contributed by atoms with Crippen molar-refractivity contribution in [2.24, 2.45) is 23.5 Å². The number of carbonyl (C=O) groups excluding carboxylic acids is 1. The Hall–Kier alpha value is -0.610. The van der Waals surface area contributed by atoms with Crippen LogP contribution in [0.4, 0.5) is 0 Å². The lowest BCUT2D eigenvalue weighted by Crippen LogP contribution is -2.45. The van der Waals surface area contributed by atoms with Gasteiger partial charge in [0.05, 0.1) is 5.92 Å². The zero-order valence-electron chi connectivity index (χ0n) is 14.5. The summed E-state index contributed by atoms with van der Waals surface area (Å²) in [4.78, 5) is 17.1. The fourth-order valence-electron chi connectivity index (χ4n) is 3.31. The summed E-state index contributed by atoms with van der Waals surface area (Å²) in [6.45, 7) is 14.5. The van der Waals surface area contributed by atoms with Gasteiger partial charge in [0.25, 0.3) is 0 Å². The van der Waals surface area contributed by atoms with Crippen LogP contribution in [-0.4, -0.2) is 55.0 Å². The monoisotopic (exact) mass is 297 g/mol. The Morgan fingerprint density at radius 1 is 1.24 bits per heavy atom. The molecule has 0 saturated carbocycles. The van der Waals surface area contributed by atoms with Gasteiger partial charge in [-0.1, -0.05) is 27.7 Å². The number of carbonyl (C=O) groups is 1. The van der Waals surface area contributed by atoms with Gasteiger partial charge in [-0.15, -0.1) is 0 Å². The SMILES string of the molecule is CCN(CC)CC1CCN(C(=O)C(CN)CC(C)C)CC1. The smallest absolute Gasteiger partial charge is 0.226 e. The van der Waals surface area contributed by atoms with E-state index in [0.29, 0.717) is 12.5 Å². The molecule has 1 atom stereocenters. The molecule has 2 N–H and O–H groups in total. The Labute approximate surface area is 131 Å². The van der Waals surface area contributed by atoms with Crippen molar-refractivity contribution in [3.05, 3.63) is 0 Å². The minimum absolute atomic E-state index is 0.0179. The highest BCUT2D eigenvalue weighted by Crippen LogP contribution is 2.21. The average Bonchev–Trinajstić information content (AvgIpc) is 2.50. The van der Waals surface area contributed by atoms with Gasteiger partial charge in [0.1, 0.15) is 0 Å². The first-order chi connectivity index (χ1) is 10.0. The molecule has 1 heterocycles. The van der Waals surface area contributed by atoms with Crippen LogP contribution in [0, 0.1) is 17.8 Å². The van der Waals surface area contributed by atoms with Gasteiger partial charge in [-0.2, -0.15) is 0 Å². The van der Waals surface area contributed by atoms with Gasteiger partial charge in [-0.25, -0.2) is 0 Å². The topological polar surface area (TPSA) is 49.6 Å². The van der Waals surface area contributed by atoms with Crippen LogP contribution in [0.2, 0.25) is 0 Å². The van der Waals surface area contributed by atoms with Crippen LogP contribution in [-0.2, 0) is 4.79 Å². The van der Waals surface area contributed by atoms with Gasteiger partial charge in [0, 0.05) is 26.2 Å². The van der Waals surface area contributed by atoms with Gasteiger partial charge in [0.15, 0.2) is 0 Å². The second-order valence-corrected chi connectivity index (χ2v) is 6.82. The Bertz CT molecular complexity index is 294. The highest BCUT2D eigenvalue weighted by atomic mass is 16.2. The molecule has 1 fully saturated rings. The van der Waals surface area contributed by atoms with Crippen LogP contribution in [0.3, 0.4) is 0 Å². The van der Waals surface area contributed by atoms with Crippen molar-refractivity contribution in [1.82, 2.24) is 9.80 Å². The number of nitrogens with zero attached hydrogens (tertiary/aromatic N) is 2. The molecule has 0 aromatic carbocycles. The molecule has 0 aliphatic carbocycles. The van der Waals surface area contributed by atoms with Crippen LogP contribution in [0.15, 0.2) is 0 Å². The van der Waals surface area contributed by atoms with E-state index < -0.39 is 0 Å². The van der Waals surface area contributed by atoms with Crippen LogP contribution >= 0.6 is 0 Å². The molecule has 0 aromatic rings. The van der Waals surface area contributed by atoms with E-state index in [0.717, 1.165) is 51.4 Å². The van der Waals surface area contributed by atoms with E-state index in [9.17, 15) is 4.79 Å². The third-order valence-electron chi connectivity index (χ3n) is 4.73. The van der Waals surface area contributed by atoms with Crippen LogP contribution in [0.5, 0.6) is 0 Å². The predicted molar refractivity (Wildman–Crippen MR) is 89.1 cm³/mol.